The van der Waals surface area contributed by atoms with Crippen LogP contribution in [0.3, 0.4) is 0 Å². The molecule has 0 aliphatic carbocycles. The van der Waals surface area contributed by atoms with Crippen LogP contribution in [0.1, 0.15) is 10.4 Å². The van der Waals surface area contributed by atoms with Crippen molar-refractivity contribution in [2.24, 2.45) is 7.05 Å². The minimum atomic E-state index is -0.0661. The van der Waals surface area contributed by atoms with Gasteiger partial charge in [0.2, 0.25) is 0 Å². The van der Waals surface area contributed by atoms with Crippen LogP contribution in [0.25, 0.3) is 11.0 Å². The molecule has 2 heterocycles. The third-order valence-corrected chi connectivity index (χ3v) is 2.18. The van der Waals surface area contributed by atoms with E-state index < -0.39 is 0 Å². The third kappa shape index (κ3) is 1.14. The number of aromatic nitrogens is 2. The Kier molecular flexibility index (Phi) is 1.93. The van der Waals surface area contributed by atoms with Crippen molar-refractivity contribution in [3.63, 3.8) is 0 Å². The van der Waals surface area contributed by atoms with Crippen molar-refractivity contribution in [1.82, 2.24) is 9.55 Å². The van der Waals surface area contributed by atoms with Crippen LogP contribution in [0.4, 0.5) is 0 Å². The summed E-state index contributed by atoms with van der Waals surface area (Å²) in [7, 11) is 1.87. The molecule has 0 aromatic carbocycles. The number of hydrogen-bond acceptors (Lipinski definition) is 2. The second-order valence-electron chi connectivity index (χ2n) is 3.10. The number of aryl methyl sites for hydroxylation is 1. The number of allylic oxidation sites excluding steroid dienone is 1. The van der Waals surface area contributed by atoms with Gasteiger partial charge in [0.1, 0.15) is 5.65 Å². The molecular formula is C11H10N2O. The molecule has 3 nitrogen and oxygen atoms in total. The van der Waals surface area contributed by atoms with Gasteiger partial charge in [-0.05, 0) is 18.2 Å². The summed E-state index contributed by atoms with van der Waals surface area (Å²) >= 11 is 0. The van der Waals surface area contributed by atoms with Gasteiger partial charge >= 0.3 is 0 Å². The molecule has 0 bridgehead atoms. The van der Waals surface area contributed by atoms with Crippen LogP contribution in [0.2, 0.25) is 0 Å². The second kappa shape index (κ2) is 3.10. The first kappa shape index (κ1) is 8.69. The lowest BCUT2D eigenvalue weighted by Crippen LogP contribution is -1.91. The van der Waals surface area contributed by atoms with E-state index in [2.05, 4.69) is 11.6 Å². The van der Waals surface area contributed by atoms with Gasteiger partial charge in [-0.3, -0.25) is 4.79 Å². The molecule has 0 amide bonds. The molecular weight excluding hydrogens is 176 g/mol. The van der Waals surface area contributed by atoms with Gasteiger partial charge in [0.25, 0.3) is 0 Å². The fraction of sp³-hybridized carbons (Fsp3) is 0.0909. The molecule has 14 heavy (non-hydrogen) atoms. The molecule has 0 aliphatic rings. The van der Waals surface area contributed by atoms with Crippen LogP contribution < -0.4 is 0 Å². The number of rotatable bonds is 2. The van der Waals surface area contributed by atoms with Crippen molar-refractivity contribution in [3.05, 3.63) is 42.7 Å². The average Bonchev–Trinajstić information content (AvgIpc) is 2.56. The number of carbonyl (C=O) groups is 1. The van der Waals surface area contributed by atoms with Crippen molar-refractivity contribution in [3.8, 4) is 0 Å². The van der Waals surface area contributed by atoms with E-state index in [1.54, 1.807) is 12.4 Å². The number of nitrogens with zero attached hydrogens (tertiary/aromatic N) is 2. The van der Waals surface area contributed by atoms with E-state index in [9.17, 15) is 4.79 Å². The van der Waals surface area contributed by atoms with Crippen LogP contribution in [-0.4, -0.2) is 15.3 Å². The van der Waals surface area contributed by atoms with Crippen LogP contribution in [-0.2, 0) is 7.05 Å². The van der Waals surface area contributed by atoms with Crippen LogP contribution in [0.15, 0.2) is 37.2 Å². The van der Waals surface area contributed by atoms with Crippen LogP contribution in [0.5, 0.6) is 0 Å². The Bertz CT molecular complexity index is 511. The SMILES string of the molecule is C=CC(=O)c1cn(C)c2ncccc12. The van der Waals surface area contributed by atoms with Gasteiger partial charge in [0.15, 0.2) is 5.78 Å². The van der Waals surface area contributed by atoms with Crippen molar-refractivity contribution < 1.29 is 4.79 Å². The van der Waals surface area contributed by atoms with Gasteiger partial charge in [-0.25, -0.2) is 4.98 Å². The van der Waals surface area contributed by atoms with Gasteiger partial charge in [0, 0.05) is 30.4 Å². The average molecular weight is 186 g/mol. The number of hydrogen-bond donors (Lipinski definition) is 0. The summed E-state index contributed by atoms with van der Waals surface area (Å²) in [6.07, 6.45) is 4.81. The van der Waals surface area contributed by atoms with Gasteiger partial charge in [-0.1, -0.05) is 6.58 Å². The molecule has 2 aromatic heterocycles. The van der Waals surface area contributed by atoms with Gasteiger partial charge < -0.3 is 4.57 Å². The Balaban J connectivity index is 2.78. The highest BCUT2D eigenvalue weighted by Crippen LogP contribution is 2.18. The highest BCUT2D eigenvalue weighted by Gasteiger charge is 2.10. The highest BCUT2D eigenvalue weighted by atomic mass is 16.1. The topological polar surface area (TPSA) is 34.9 Å². The molecule has 2 rings (SSSR count). The fourth-order valence-corrected chi connectivity index (χ4v) is 1.52. The lowest BCUT2D eigenvalue weighted by atomic mass is 10.1. The molecule has 0 N–H and O–H groups in total. The van der Waals surface area contributed by atoms with E-state index in [1.165, 1.54) is 6.08 Å². The Hall–Kier alpha value is -1.90. The van der Waals surface area contributed by atoms with Crippen molar-refractivity contribution >= 4 is 16.8 Å². The largest absolute Gasteiger partial charge is 0.335 e. The van der Waals surface area contributed by atoms with E-state index in [0.717, 1.165) is 11.0 Å². The standard InChI is InChI=1S/C11H10N2O/c1-3-10(14)9-7-13(2)11-8(9)5-4-6-12-11/h3-7H,1H2,2H3. The zero-order valence-electron chi connectivity index (χ0n) is 7.90. The molecule has 0 saturated heterocycles. The maximum atomic E-state index is 11.5. The van der Waals surface area contributed by atoms with E-state index in [1.807, 2.05) is 23.7 Å². The molecule has 0 saturated carbocycles. The summed E-state index contributed by atoms with van der Waals surface area (Å²) < 4.78 is 1.84. The Morgan fingerprint density at radius 1 is 1.64 bits per heavy atom. The minimum Gasteiger partial charge on any atom is -0.335 e. The molecule has 0 aliphatic heterocycles. The predicted octanol–water partition coefficient (Wildman–Crippen LogP) is 1.94. The van der Waals surface area contributed by atoms with Gasteiger partial charge in [-0.2, -0.15) is 0 Å². The molecule has 0 unspecified atom stereocenters. The lowest BCUT2D eigenvalue weighted by Gasteiger charge is -1.92. The lowest BCUT2D eigenvalue weighted by molar-refractivity contribution is 0.104. The van der Waals surface area contributed by atoms with Gasteiger partial charge in [0.05, 0.1) is 0 Å². The molecule has 2 aromatic rings. The van der Waals surface area contributed by atoms with Crippen molar-refractivity contribution in [1.29, 1.82) is 0 Å². The zero-order valence-corrected chi connectivity index (χ0v) is 7.90. The highest BCUT2D eigenvalue weighted by molar-refractivity contribution is 6.12. The third-order valence-electron chi connectivity index (χ3n) is 2.18. The van der Waals surface area contributed by atoms with E-state index in [4.69, 9.17) is 0 Å². The number of ketones is 1. The molecule has 3 heteroatoms. The van der Waals surface area contributed by atoms with Crippen LogP contribution >= 0.6 is 0 Å². The van der Waals surface area contributed by atoms with Gasteiger partial charge in [-0.15, -0.1) is 0 Å². The number of fused-ring (bicyclic) bond motifs is 1. The first-order chi connectivity index (χ1) is 6.74. The van der Waals surface area contributed by atoms with E-state index in [0.29, 0.717) is 5.56 Å². The summed E-state index contributed by atoms with van der Waals surface area (Å²) in [6.45, 7) is 3.47. The molecule has 0 atom stereocenters. The molecule has 0 radical (unpaired) electrons. The summed E-state index contributed by atoms with van der Waals surface area (Å²) in [5.41, 5.74) is 1.48. The number of pyridine rings is 1. The summed E-state index contributed by atoms with van der Waals surface area (Å²) in [6, 6.07) is 3.71. The van der Waals surface area contributed by atoms with Crippen molar-refractivity contribution in [2.75, 3.05) is 0 Å². The predicted molar refractivity (Wildman–Crippen MR) is 55.2 cm³/mol. The second-order valence-corrected chi connectivity index (χ2v) is 3.10. The van der Waals surface area contributed by atoms with Crippen molar-refractivity contribution in [2.45, 2.75) is 0 Å². The first-order valence-corrected chi connectivity index (χ1v) is 4.31. The summed E-state index contributed by atoms with van der Waals surface area (Å²) in [5, 5.41) is 0.875. The smallest absolute Gasteiger partial charge is 0.187 e. The fourth-order valence-electron chi connectivity index (χ4n) is 1.52. The first-order valence-electron chi connectivity index (χ1n) is 4.31. The zero-order chi connectivity index (χ0) is 10.1. The Labute approximate surface area is 81.7 Å². The Morgan fingerprint density at radius 2 is 2.43 bits per heavy atom. The maximum Gasteiger partial charge on any atom is 0.187 e. The van der Waals surface area contributed by atoms with E-state index in [-0.39, 0.29) is 5.78 Å². The summed E-state index contributed by atoms with van der Waals surface area (Å²) in [4.78, 5) is 15.7. The van der Waals surface area contributed by atoms with E-state index >= 15 is 0 Å². The minimum absolute atomic E-state index is 0.0661. The molecule has 0 spiro atoms. The Morgan fingerprint density at radius 3 is 3.14 bits per heavy atom. The molecule has 0 fully saturated rings. The quantitative estimate of drug-likeness (QED) is 0.530. The van der Waals surface area contributed by atoms with Crippen LogP contribution in [0, 0.1) is 0 Å². The summed E-state index contributed by atoms with van der Waals surface area (Å²) in [5.74, 6) is -0.0661. The molecule has 70 valence electrons. The maximum absolute atomic E-state index is 11.5. The number of carbonyl (C=O) groups excluding carboxylic acids is 1. The monoisotopic (exact) mass is 186 g/mol. The normalized spacial score (nSPS) is 10.4.